The van der Waals surface area contributed by atoms with Gasteiger partial charge in [-0.15, -0.1) is 11.8 Å². The molecule has 2 aliphatic heterocycles. The van der Waals surface area contributed by atoms with Gasteiger partial charge in [-0.3, -0.25) is 19.3 Å². The zero-order chi connectivity index (χ0) is 29.2. The summed E-state index contributed by atoms with van der Waals surface area (Å²) >= 11 is 1.83. The maximum atomic E-state index is 12.9. The highest BCUT2D eigenvalue weighted by Gasteiger charge is 2.28. The van der Waals surface area contributed by atoms with Crippen LogP contribution in [0, 0.1) is 5.41 Å². The standard InChI is InChI=1S/C31H44N4O4S/c1-30(2,3)20-22-21-11-12-23(36)28(27(21)32-29(22)40-31(4,5)6)34-18-16-33(17-19-34)24(37)10-8-7-9-15-35-25(38)13-14-26(35)39/h11-14,32,36H,7-10,15-20H2,1-6H3. The lowest BCUT2D eigenvalue weighted by atomic mass is 9.88. The average Bonchev–Trinajstić information content (AvgIpc) is 3.35. The van der Waals surface area contributed by atoms with E-state index in [1.807, 2.05) is 22.7 Å². The zero-order valence-corrected chi connectivity index (χ0v) is 25.6. The number of imide groups is 1. The van der Waals surface area contributed by atoms with E-state index in [9.17, 15) is 19.5 Å². The van der Waals surface area contributed by atoms with Gasteiger partial charge in [-0.05, 0) is 42.4 Å². The number of piperazine rings is 1. The molecular formula is C31H44N4O4S. The van der Waals surface area contributed by atoms with E-state index in [0.29, 0.717) is 45.6 Å². The average molecular weight is 569 g/mol. The highest BCUT2D eigenvalue weighted by molar-refractivity contribution is 8.00. The highest BCUT2D eigenvalue weighted by Crippen LogP contribution is 2.44. The number of thioether (sulfide) groups is 1. The topological polar surface area (TPSA) is 97.0 Å². The Morgan fingerprint density at radius 1 is 0.950 bits per heavy atom. The van der Waals surface area contributed by atoms with Crippen LogP contribution in [0.15, 0.2) is 29.3 Å². The number of aromatic hydroxyl groups is 1. The summed E-state index contributed by atoms with van der Waals surface area (Å²) in [5, 5.41) is 13.3. The van der Waals surface area contributed by atoms with E-state index in [1.165, 1.54) is 22.6 Å². The number of aromatic nitrogens is 1. The number of anilines is 1. The number of unbranched alkanes of at least 4 members (excludes halogenated alkanes) is 2. The quantitative estimate of drug-likeness (QED) is 0.236. The molecule has 2 aromatic rings. The first-order chi connectivity index (χ1) is 18.7. The summed E-state index contributed by atoms with van der Waals surface area (Å²) in [6.07, 6.45) is 6.21. The molecule has 0 aliphatic carbocycles. The maximum absolute atomic E-state index is 12.9. The minimum absolute atomic E-state index is 0.0436. The summed E-state index contributed by atoms with van der Waals surface area (Å²) in [5.74, 6) is -0.120. The van der Waals surface area contributed by atoms with E-state index in [4.69, 9.17) is 0 Å². The van der Waals surface area contributed by atoms with Crippen molar-refractivity contribution in [2.45, 2.75) is 83.4 Å². The smallest absolute Gasteiger partial charge is 0.253 e. The molecule has 1 aromatic heterocycles. The third-order valence-corrected chi connectivity index (χ3v) is 8.40. The number of hydrogen-bond acceptors (Lipinski definition) is 6. The van der Waals surface area contributed by atoms with Crippen molar-refractivity contribution in [1.29, 1.82) is 0 Å². The van der Waals surface area contributed by atoms with Gasteiger partial charge in [-0.1, -0.05) is 48.0 Å². The number of phenols is 1. The predicted molar refractivity (Wildman–Crippen MR) is 162 cm³/mol. The molecule has 0 spiro atoms. The van der Waals surface area contributed by atoms with Crippen molar-refractivity contribution >= 4 is 46.1 Å². The minimum atomic E-state index is -0.255. The number of rotatable bonds is 9. The van der Waals surface area contributed by atoms with Crippen LogP contribution in [-0.2, 0) is 20.8 Å². The van der Waals surface area contributed by atoms with Crippen LogP contribution in [0.2, 0.25) is 0 Å². The molecule has 3 amide bonds. The van der Waals surface area contributed by atoms with Crippen LogP contribution in [0.1, 0.15) is 72.8 Å². The van der Waals surface area contributed by atoms with Crippen molar-refractivity contribution in [3.8, 4) is 5.75 Å². The van der Waals surface area contributed by atoms with Crippen LogP contribution in [-0.4, -0.2) is 75.1 Å². The summed E-state index contributed by atoms with van der Waals surface area (Å²) in [6, 6.07) is 3.84. The molecule has 2 aliphatic rings. The Bertz CT molecular complexity index is 1280. The van der Waals surface area contributed by atoms with E-state index >= 15 is 0 Å². The van der Waals surface area contributed by atoms with Gasteiger partial charge in [-0.25, -0.2) is 0 Å². The predicted octanol–water partition coefficient (Wildman–Crippen LogP) is 5.49. The second-order valence-corrected chi connectivity index (χ2v) is 14.9. The van der Waals surface area contributed by atoms with Crippen molar-refractivity contribution in [3.05, 3.63) is 29.8 Å². The number of carbonyl (C=O) groups is 3. The first-order valence-corrected chi connectivity index (χ1v) is 15.2. The van der Waals surface area contributed by atoms with Gasteiger partial charge < -0.3 is 19.9 Å². The van der Waals surface area contributed by atoms with E-state index in [-0.39, 0.29) is 33.6 Å². The molecular weight excluding hydrogens is 524 g/mol. The van der Waals surface area contributed by atoms with Crippen molar-refractivity contribution in [3.63, 3.8) is 0 Å². The first-order valence-electron chi connectivity index (χ1n) is 14.4. The fraction of sp³-hybridized carbons (Fsp3) is 0.581. The SMILES string of the molecule is CC(C)(C)Cc1c(SC(C)(C)C)[nH]c2c(N3CCN(C(=O)CCCCCN4C(=O)C=CC4=O)CC3)c(O)ccc12. The number of nitrogens with one attached hydrogen (secondary N) is 1. The second-order valence-electron chi connectivity index (χ2n) is 13.1. The number of amides is 3. The second kappa shape index (κ2) is 11.9. The number of benzene rings is 1. The highest BCUT2D eigenvalue weighted by atomic mass is 32.2. The third kappa shape index (κ3) is 7.22. The summed E-state index contributed by atoms with van der Waals surface area (Å²) in [6.45, 7) is 16.3. The van der Waals surface area contributed by atoms with Crippen molar-refractivity contribution in [1.82, 2.24) is 14.8 Å². The zero-order valence-electron chi connectivity index (χ0n) is 24.8. The van der Waals surface area contributed by atoms with Gasteiger partial charge in [-0.2, -0.15) is 0 Å². The molecule has 0 saturated carbocycles. The van der Waals surface area contributed by atoms with Crippen molar-refractivity contribution in [2.75, 3.05) is 37.6 Å². The van der Waals surface area contributed by atoms with Gasteiger partial charge in [0.05, 0.1) is 10.5 Å². The number of phenolic OH excluding ortho intramolecular Hbond substituents is 1. The Morgan fingerprint density at radius 3 is 2.20 bits per heavy atom. The molecule has 1 saturated heterocycles. The maximum Gasteiger partial charge on any atom is 0.253 e. The fourth-order valence-corrected chi connectivity index (χ4v) is 6.47. The van der Waals surface area contributed by atoms with Crippen LogP contribution in [0.5, 0.6) is 5.75 Å². The monoisotopic (exact) mass is 568 g/mol. The Morgan fingerprint density at radius 2 is 1.60 bits per heavy atom. The molecule has 0 radical (unpaired) electrons. The molecule has 0 atom stereocenters. The largest absolute Gasteiger partial charge is 0.506 e. The summed E-state index contributed by atoms with van der Waals surface area (Å²) in [5.41, 5.74) is 3.20. The molecule has 1 aromatic carbocycles. The number of fused-ring (bicyclic) bond motifs is 1. The lowest BCUT2D eigenvalue weighted by Gasteiger charge is -2.36. The van der Waals surface area contributed by atoms with Gasteiger partial charge in [0.15, 0.2) is 0 Å². The van der Waals surface area contributed by atoms with Crippen LogP contribution >= 0.6 is 11.8 Å². The third-order valence-electron chi connectivity index (χ3n) is 7.23. The molecule has 40 heavy (non-hydrogen) atoms. The Hall–Kier alpha value is -2.94. The number of aromatic amines is 1. The van der Waals surface area contributed by atoms with Crippen LogP contribution in [0.4, 0.5) is 5.69 Å². The molecule has 1 fully saturated rings. The van der Waals surface area contributed by atoms with Gasteiger partial charge in [0.2, 0.25) is 5.91 Å². The van der Waals surface area contributed by atoms with Gasteiger partial charge >= 0.3 is 0 Å². The summed E-state index contributed by atoms with van der Waals surface area (Å²) < 4.78 is 0.0436. The molecule has 218 valence electrons. The van der Waals surface area contributed by atoms with Crippen LogP contribution in [0.3, 0.4) is 0 Å². The lowest BCUT2D eigenvalue weighted by molar-refractivity contribution is -0.137. The molecule has 2 N–H and O–H groups in total. The lowest BCUT2D eigenvalue weighted by Crippen LogP contribution is -2.48. The molecule has 8 nitrogen and oxygen atoms in total. The number of nitrogens with zero attached hydrogens (tertiary/aromatic N) is 3. The normalized spacial score (nSPS) is 16.6. The van der Waals surface area contributed by atoms with Gasteiger partial charge in [0.1, 0.15) is 11.4 Å². The molecule has 4 rings (SSSR count). The first kappa shape index (κ1) is 30.0. The number of carbonyl (C=O) groups excluding carboxylic acids is 3. The Labute approximate surface area is 242 Å². The molecule has 0 unspecified atom stereocenters. The van der Waals surface area contributed by atoms with E-state index < -0.39 is 0 Å². The Kier molecular flexibility index (Phi) is 8.93. The number of hydrogen-bond donors (Lipinski definition) is 2. The minimum Gasteiger partial charge on any atom is -0.506 e. The summed E-state index contributed by atoms with van der Waals surface area (Å²) in [7, 11) is 0. The van der Waals surface area contributed by atoms with Gasteiger partial charge in [0, 0.05) is 61.4 Å². The fourth-order valence-electron chi connectivity index (χ4n) is 5.40. The number of H-pyrrole nitrogens is 1. The van der Waals surface area contributed by atoms with E-state index in [0.717, 1.165) is 40.9 Å². The van der Waals surface area contributed by atoms with Crippen LogP contribution in [0.25, 0.3) is 10.9 Å². The van der Waals surface area contributed by atoms with Crippen molar-refractivity contribution in [2.24, 2.45) is 5.41 Å². The van der Waals surface area contributed by atoms with Crippen molar-refractivity contribution < 1.29 is 19.5 Å². The Balaban J connectivity index is 1.38. The summed E-state index contributed by atoms with van der Waals surface area (Å²) in [4.78, 5) is 45.2. The van der Waals surface area contributed by atoms with E-state index in [2.05, 4.69) is 51.4 Å². The van der Waals surface area contributed by atoms with Crippen LogP contribution < -0.4 is 4.90 Å². The molecule has 0 bridgehead atoms. The van der Waals surface area contributed by atoms with E-state index in [1.54, 1.807) is 6.07 Å². The molecule has 3 heterocycles. The van der Waals surface area contributed by atoms with Gasteiger partial charge in [0.25, 0.3) is 11.8 Å². The molecule has 9 heteroatoms.